The van der Waals surface area contributed by atoms with Crippen LogP contribution < -0.4 is 19.9 Å². The number of nitrogens with zero attached hydrogens (tertiary/aromatic N) is 1. The summed E-state index contributed by atoms with van der Waals surface area (Å²) in [4.78, 5) is 25.5. The monoisotopic (exact) mass is 570 g/mol. The zero-order valence-electron chi connectivity index (χ0n) is 17.7. The van der Waals surface area contributed by atoms with Crippen LogP contribution in [0.1, 0.15) is 18.1 Å². The van der Waals surface area contributed by atoms with Crippen LogP contribution in [0.3, 0.4) is 0 Å². The van der Waals surface area contributed by atoms with Crippen LogP contribution in [0.2, 0.25) is 0 Å². The molecule has 0 aromatic heterocycles. The highest BCUT2D eigenvalue weighted by Gasteiger charge is 2.34. The van der Waals surface area contributed by atoms with E-state index in [9.17, 15) is 9.59 Å². The summed E-state index contributed by atoms with van der Waals surface area (Å²) in [6.07, 6.45) is 1.54. The summed E-state index contributed by atoms with van der Waals surface area (Å²) in [6, 6.07) is 20.5. The number of benzene rings is 3. The number of amides is 2. The summed E-state index contributed by atoms with van der Waals surface area (Å²) in [5.41, 5.74) is 4.83. The van der Waals surface area contributed by atoms with Crippen molar-refractivity contribution in [2.75, 3.05) is 11.6 Å². The fraction of sp³-hybridized carbons (Fsp3) is 0.120. The van der Waals surface area contributed by atoms with E-state index in [4.69, 9.17) is 9.47 Å². The number of anilines is 1. The molecule has 1 heterocycles. The summed E-state index contributed by atoms with van der Waals surface area (Å²) in [5.74, 6) is 0.120. The average molecular weight is 572 g/mol. The molecule has 0 atom stereocenters. The van der Waals surface area contributed by atoms with E-state index in [1.54, 1.807) is 36.4 Å². The van der Waals surface area contributed by atoms with Crippen LogP contribution in [-0.2, 0) is 16.2 Å². The van der Waals surface area contributed by atoms with E-state index >= 15 is 0 Å². The molecular weight excluding hydrogens is 552 g/mol. The quantitative estimate of drug-likeness (QED) is 0.294. The minimum atomic E-state index is -0.478. The molecule has 0 radical (unpaired) electrons. The van der Waals surface area contributed by atoms with Gasteiger partial charge in [-0.15, -0.1) is 0 Å². The molecule has 0 unspecified atom stereocenters. The molecule has 1 saturated heterocycles. The molecule has 0 saturated carbocycles. The topological polar surface area (TPSA) is 67.9 Å². The van der Waals surface area contributed by atoms with Crippen LogP contribution in [0, 0.1) is 0 Å². The second-order valence-corrected chi connectivity index (χ2v) is 8.69. The Morgan fingerprint density at radius 1 is 0.939 bits per heavy atom. The maximum absolute atomic E-state index is 12.9. The minimum Gasteiger partial charge on any atom is -0.490 e. The van der Waals surface area contributed by atoms with Crippen LogP contribution in [-0.4, -0.2) is 18.4 Å². The number of halogens is 2. The molecule has 4 rings (SSSR count). The lowest BCUT2D eigenvalue weighted by Gasteiger charge is -2.17. The first-order valence-corrected chi connectivity index (χ1v) is 11.8. The molecule has 0 bridgehead atoms. The number of carbonyl (C=O) groups excluding carboxylic acids is 2. The van der Waals surface area contributed by atoms with Gasteiger partial charge in [0.25, 0.3) is 11.8 Å². The molecule has 0 spiro atoms. The molecule has 168 valence electrons. The first-order chi connectivity index (χ1) is 16.0. The second kappa shape index (κ2) is 10.2. The third-order valence-corrected chi connectivity index (χ3v) is 7.03. The van der Waals surface area contributed by atoms with E-state index in [1.165, 1.54) is 5.01 Å². The van der Waals surface area contributed by atoms with Gasteiger partial charge in [-0.05, 0) is 74.2 Å². The number of ether oxygens (including phenoxy) is 2. The van der Waals surface area contributed by atoms with E-state index < -0.39 is 11.8 Å². The van der Waals surface area contributed by atoms with Crippen LogP contribution >= 0.6 is 31.9 Å². The Morgan fingerprint density at radius 3 is 2.27 bits per heavy atom. The van der Waals surface area contributed by atoms with Gasteiger partial charge in [0.2, 0.25) is 0 Å². The fourth-order valence-electron chi connectivity index (χ4n) is 3.31. The normalized spacial score (nSPS) is 14.5. The highest BCUT2D eigenvalue weighted by molar-refractivity contribution is 9.13. The third kappa shape index (κ3) is 4.96. The van der Waals surface area contributed by atoms with Gasteiger partial charge < -0.3 is 9.47 Å². The fourth-order valence-corrected chi connectivity index (χ4v) is 4.26. The average Bonchev–Trinajstić information content (AvgIpc) is 3.11. The van der Waals surface area contributed by atoms with E-state index in [0.29, 0.717) is 44.9 Å². The number of hydrogen-bond donors (Lipinski definition) is 1. The van der Waals surface area contributed by atoms with Gasteiger partial charge in [0.15, 0.2) is 11.5 Å². The van der Waals surface area contributed by atoms with Gasteiger partial charge >= 0.3 is 0 Å². The van der Waals surface area contributed by atoms with Gasteiger partial charge in [-0.3, -0.25) is 15.0 Å². The van der Waals surface area contributed by atoms with Crippen LogP contribution in [0.25, 0.3) is 6.08 Å². The van der Waals surface area contributed by atoms with E-state index in [2.05, 4.69) is 37.3 Å². The number of hydrogen-bond acceptors (Lipinski definition) is 4. The maximum Gasteiger partial charge on any atom is 0.282 e. The Hall–Kier alpha value is -3.10. The van der Waals surface area contributed by atoms with Crippen LogP contribution in [0.5, 0.6) is 11.5 Å². The molecule has 1 N–H and O–H groups in total. The highest BCUT2D eigenvalue weighted by atomic mass is 79.9. The first-order valence-electron chi connectivity index (χ1n) is 10.2. The molecule has 1 aliphatic rings. The van der Waals surface area contributed by atoms with Crippen molar-refractivity contribution in [1.29, 1.82) is 0 Å². The molecule has 3 aromatic carbocycles. The Bertz CT molecular complexity index is 1210. The number of hydrazine groups is 1. The van der Waals surface area contributed by atoms with Gasteiger partial charge in [-0.25, -0.2) is 5.01 Å². The number of rotatable bonds is 7. The van der Waals surface area contributed by atoms with E-state index in [-0.39, 0.29) is 5.57 Å². The van der Waals surface area contributed by atoms with Crippen molar-refractivity contribution in [1.82, 2.24) is 5.43 Å². The predicted molar refractivity (Wildman–Crippen MR) is 134 cm³/mol. The summed E-state index contributed by atoms with van der Waals surface area (Å²) in [6.45, 7) is 2.66. The molecular formula is C25H20Br2N2O4. The Morgan fingerprint density at radius 2 is 1.61 bits per heavy atom. The van der Waals surface area contributed by atoms with E-state index in [1.807, 2.05) is 43.3 Å². The maximum atomic E-state index is 12.9. The van der Waals surface area contributed by atoms with Crippen molar-refractivity contribution in [2.45, 2.75) is 13.5 Å². The predicted octanol–water partition coefficient (Wildman–Crippen LogP) is 5.65. The molecule has 6 nitrogen and oxygen atoms in total. The molecule has 33 heavy (non-hydrogen) atoms. The molecule has 3 aromatic rings. The number of nitrogens with one attached hydrogen (secondary N) is 1. The van der Waals surface area contributed by atoms with Gasteiger partial charge in [0.05, 0.1) is 16.8 Å². The lowest BCUT2D eigenvalue weighted by molar-refractivity contribution is -0.117. The molecule has 2 amide bonds. The number of para-hydroxylation sites is 1. The van der Waals surface area contributed by atoms with Gasteiger partial charge in [-0.1, -0.05) is 48.5 Å². The Kier molecular flexibility index (Phi) is 7.15. The summed E-state index contributed by atoms with van der Waals surface area (Å²) < 4.78 is 13.1. The Labute approximate surface area is 208 Å². The van der Waals surface area contributed by atoms with Crippen molar-refractivity contribution >= 4 is 55.4 Å². The lowest BCUT2D eigenvalue weighted by Crippen LogP contribution is -2.35. The largest absolute Gasteiger partial charge is 0.490 e. The van der Waals surface area contributed by atoms with Gasteiger partial charge in [0.1, 0.15) is 12.2 Å². The van der Waals surface area contributed by atoms with Crippen LogP contribution in [0.15, 0.2) is 81.2 Å². The van der Waals surface area contributed by atoms with Crippen molar-refractivity contribution < 1.29 is 19.1 Å². The Balaban J connectivity index is 1.67. The molecule has 8 heteroatoms. The lowest BCUT2D eigenvalue weighted by atomic mass is 10.1. The minimum absolute atomic E-state index is 0.0202. The standard InChI is InChI=1S/C25H20Br2N2O4/c1-2-32-20-14-17(21(26)22(27)23(20)33-15-16-9-5-3-6-10-16)13-19-24(30)28-29(25(19)31)18-11-7-4-8-12-18/h3-14H,2,15H2,1H3,(H,28,30)/b19-13-. The first kappa shape index (κ1) is 23.1. The van der Waals surface area contributed by atoms with Crippen molar-refractivity contribution in [2.24, 2.45) is 0 Å². The highest BCUT2D eigenvalue weighted by Crippen LogP contribution is 2.44. The van der Waals surface area contributed by atoms with Crippen LogP contribution in [0.4, 0.5) is 5.69 Å². The van der Waals surface area contributed by atoms with E-state index in [0.717, 1.165) is 5.56 Å². The SMILES string of the molecule is CCOc1cc(/C=C2/C(=O)NN(c3ccccc3)C2=O)c(Br)c(Br)c1OCc1ccccc1. The summed E-state index contributed by atoms with van der Waals surface area (Å²) in [5, 5.41) is 1.23. The zero-order valence-corrected chi connectivity index (χ0v) is 20.9. The molecule has 0 aliphatic carbocycles. The van der Waals surface area contributed by atoms with Crippen molar-refractivity contribution in [3.63, 3.8) is 0 Å². The van der Waals surface area contributed by atoms with Crippen molar-refractivity contribution in [3.05, 3.63) is 92.4 Å². The molecule has 1 aliphatic heterocycles. The van der Waals surface area contributed by atoms with Gasteiger partial charge in [0, 0.05) is 4.47 Å². The second-order valence-electron chi connectivity index (χ2n) is 7.10. The smallest absolute Gasteiger partial charge is 0.282 e. The number of carbonyl (C=O) groups is 2. The third-order valence-electron chi connectivity index (χ3n) is 4.89. The summed E-state index contributed by atoms with van der Waals surface area (Å²) >= 11 is 7.14. The zero-order chi connectivity index (χ0) is 23.4. The summed E-state index contributed by atoms with van der Waals surface area (Å²) in [7, 11) is 0. The van der Waals surface area contributed by atoms with Gasteiger partial charge in [-0.2, -0.15) is 0 Å². The van der Waals surface area contributed by atoms with Crippen molar-refractivity contribution in [3.8, 4) is 11.5 Å². The molecule has 1 fully saturated rings.